The average Bonchev–Trinajstić information content (AvgIpc) is 2.89. The summed E-state index contributed by atoms with van der Waals surface area (Å²) in [5.41, 5.74) is 3.35. The van der Waals surface area contributed by atoms with Crippen LogP contribution < -0.4 is 4.74 Å². The van der Waals surface area contributed by atoms with Gasteiger partial charge in [0.2, 0.25) is 0 Å². The maximum Gasteiger partial charge on any atom is 0.326 e. The summed E-state index contributed by atoms with van der Waals surface area (Å²) in [4.78, 5) is 27.6. The number of aliphatic carboxylic acids is 1. The van der Waals surface area contributed by atoms with Crippen molar-refractivity contribution in [1.82, 2.24) is 4.90 Å². The van der Waals surface area contributed by atoms with Gasteiger partial charge in [-0.1, -0.05) is 72.8 Å². The van der Waals surface area contributed by atoms with Crippen molar-refractivity contribution >= 4 is 11.9 Å². The number of aliphatic hydroxyl groups is 1. The van der Waals surface area contributed by atoms with Crippen LogP contribution in [0.1, 0.15) is 41.2 Å². The van der Waals surface area contributed by atoms with Crippen LogP contribution in [0.2, 0.25) is 0 Å². The molecule has 2 N–H and O–H groups in total. The third kappa shape index (κ3) is 5.12. The predicted molar refractivity (Wildman–Crippen MR) is 132 cm³/mol. The molecule has 1 aliphatic heterocycles. The molecule has 2 atom stereocenters. The van der Waals surface area contributed by atoms with Crippen LogP contribution in [0, 0.1) is 0 Å². The van der Waals surface area contributed by atoms with Gasteiger partial charge < -0.3 is 24.6 Å². The first-order valence-electron chi connectivity index (χ1n) is 12.2. The Labute approximate surface area is 209 Å². The molecule has 1 fully saturated rings. The van der Waals surface area contributed by atoms with Crippen molar-refractivity contribution in [2.45, 2.75) is 56.8 Å². The summed E-state index contributed by atoms with van der Waals surface area (Å²) in [7, 11) is 0. The number of carboxylic acids is 1. The van der Waals surface area contributed by atoms with Crippen LogP contribution in [0.25, 0.3) is 0 Å². The number of carbonyl (C=O) groups excluding carboxylic acids is 1. The number of hydrogen-bond acceptors (Lipinski definition) is 5. The van der Waals surface area contributed by atoms with E-state index >= 15 is 0 Å². The standard InChI is InChI=1S/C29H29NO6/c31-22-14-23(15-22)36-27(20-10-5-2-6-11-20)28(32)30-17-21-12-7-13-26(24(21)16-25(30)29(33)34)35-18-19-8-3-1-4-9-19/h1-13,22-23,25,27,31H,14-18H2,(H,33,34). The molecule has 7 nitrogen and oxygen atoms in total. The second kappa shape index (κ2) is 10.5. The number of carboxylic acid groups (broad SMARTS) is 1. The van der Waals surface area contributed by atoms with Gasteiger partial charge in [-0.2, -0.15) is 0 Å². The number of fused-ring (bicyclic) bond motifs is 1. The summed E-state index contributed by atoms with van der Waals surface area (Å²) >= 11 is 0. The number of carbonyl (C=O) groups is 2. The summed E-state index contributed by atoms with van der Waals surface area (Å²) in [6.45, 7) is 0.516. The zero-order valence-corrected chi connectivity index (χ0v) is 19.8. The summed E-state index contributed by atoms with van der Waals surface area (Å²) in [6, 6.07) is 23.5. The monoisotopic (exact) mass is 487 g/mol. The third-order valence-electron chi connectivity index (χ3n) is 6.87. The van der Waals surface area contributed by atoms with Crippen LogP contribution in [0.15, 0.2) is 78.9 Å². The van der Waals surface area contributed by atoms with E-state index in [9.17, 15) is 19.8 Å². The van der Waals surface area contributed by atoms with Gasteiger partial charge in [0.25, 0.3) is 5.91 Å². The molecule has 1 heterocycles. The number of ether oxygens (including phenoxy) is 2. The molecule has 0 aromatic heterocycles. The fraction of sp³-hybridized carbons (Fsp3) is 0.310. The molecular formula is C29H29NO6. The van der Waals surface area contributed by atoms with Crippen molar-refractivity contribution in [3.05, 3.63) is 101 Å². The van der Waals surface area contributed by atoms with Gasteiger partial charge >= 0.3 is 5.97 Å². The summed E-state index contributed by atoms with van der Waals surface area (Å²) in [6.07, 6.45) is -0.541. The summed E-state index contributed by atoms with van der Waals surface area (Å²) < 4.78 is 12.2. The Bertz CT molecular complexity index is 1210. The van der Waals surface area contributed by atoms with Gasteiger partial charge in [0, 0.05) is 18.5 Å². The first-order valence-corrected chi connectivity index (χ1v) is 12.2. The SMILES string of the molecule is O=C(O)C1Cc2c(cccc2OCc2ccccc2)CN1C(=O)C(OC1CC(O)C1)c1ccccc1. The van der Waals surface area contributed by atoms with E-state index in [0.717, 1.165) is 16.7 Å². The van der Waals surface area contributed by atoms with Crippen LogP contribution in [-0.2, 0) is 33.9 Å². The van der Waals surface area contributed by atoms with Gasteiger partial charge in [-0.25, -0.2) is 4.79 Å². The molecule has 2 unspecified atom stereocenters. The molecule has 0 bridgehead atoms. The van der Waals surface area contributed by atoms with E-state index in [1.54, 1.807) is 12.1 Å². The lowest BCUT2D eigenvalue weighted by Gasteiger charge is -2.39. The fourth-order valence-corrected chi connectivity index (χ4v) is 4.81. The van der Waals surface area contributed by atoms with E-state index in [4.69, 9.17) is 9.47 Å². The van der Waals surface area contributed by atoms with Gasteiger partial charge in [0.15, 0.2) is 6.10 Å². The molecule has 1 saturated carbocycles. The number of hydrogen-bond donors (Lipinski definition) is 2. The molecule has 3 aromatic rings. The van der Waals surface area contributed by atoms with E-state index in [1.807, 2.05) is 66.7 Å². The lowest BCUT2D eigenvalue weighted by atomic mass is 9.90. The van der Waals surface area contributed by atoms with E-state index in [2.05, 4.69) is 0 Å². The molecule has 36 heavy (non-hydrogen) atoms. The van der Waals surface area contributed by atoms with Gasteiger partial charge in [-0.3, -0.25) is 4.79 Å². The molecule has 1 amide bonds. The van der Waals surface area contributed by atoms with Crippen LogP contribution in [0.4, 0.5) is 0 Å². The Kier molecular flexibility index (Phi) is 7.02. The highest BCUT2D eigenvalue weighted by molar-refractivity contribution is 5.88. The lowest BCUT2D eigenvalue weighted by Crippen LogP contribution is -2.51. The second-order valence-corrected chi connectivity index (χ2v) is 9.37. The molecule has 5 rings (SSSR count). The van der Waals surface area contributed by atoms with Crippen molar-refractivity contribution in [1.29, 1.82) is 0 Å². The Morgan fingerprint density at radius 2 is 1.64 bits per heavy atom. The molecule has 186 valence electrons. The van der Waals surface area contributed by atoms with Crippen molar-refractivity contribution in [3.63, 3.8) is 0 Å². The van der Waals surface area contributed by atoms with Gasteiger partial charge in [0.05, 0.1) is 12.2 Å². The molecule has 3 aromatic carbocycles. The molecule has 0 spiro atoms. The summed E-state index contributed by atoms with van der Waals surface area (Å²) in [5, 5.41) is 19.8. The zero-order chi connectivity index (χ0) is 25.1. The maximum absolute atomic E-state index is 13.8. The minimum Gasteiger partial charge on any atom is -0.489 e. The van der Waals surface area contributed by atoms with Crippen LogP contribution in [0.5, 0.6) is 5.75 Å². The zero-order valence-electron chi connectivity index (χ0n) is 19.8. The molecule has 7 heteroatoms. The molecule has 0 radical (unpaired) electrons. The Hall–Kier alpha value is -3.68. The first-order chi connectivity index (χ1) is 17.5. The highest BCUT2D eigenvalue weighted by Gasteiger charge is 2.41. The topological polar surface area (TPSA) is 96.3 Å². The third-order valence-corrected chi connectivity index (χ3v) is 6.87. The van der Waals surface area contributed by atoms with Crippen LogP contribution in [0.3, 0.4) is 0 Å². The summed E-state index contributed by atoms with van der Waals surface area (Å²) in [5.74, 6) is -0.831. The van der Waals surface area contributed by atoms with Gasteiger partial charge in [-0.15, -0.1) is 0 Å². The molecule has 1 aliphatic carbocycles. The molecular weight excluding hydrogens is 458 g/mol. The second-order valence-electron chi connectivity index (χ2n) is 9.37. The van der Waals surface area contributed by atoms with Crippen molar-refractivity contribution in [2.24, 2.45) is 0 Å². The Morgan fingerprint density at radius 3 is 2.31 bits per heavy atom. The largest absolute Gasteiger partial charge is 0.489 e. The van der Waals surface area contributed by atoms with Crippen LogP contribution >= 0.6 is 0 Å². The van der Waals surface area contributed by atoms with Crippen molar-refractivity contribution in [2.75, 3.05) is 0 Å². The van der Waals surface area contributed by atoms with Gasteiger partial charge in [0.1, 0.15) is 18.4 Å². The predicted octanol–water partition coefficient (Wildman–Crippen LogP) is 3.88. The van der Waals surface area contributed by atoms with Crippen molar-refractivity contribution in [3.8, 4) is 5.75 Å². The molecule has 2 aliphatic rings. The smallest absolute Gasteiger partial charge is 0.326 e. The number of amides is 1. The lowest BCUT2D eigenvalue weighted by molar-refractivity contribution is -0.167. The maximum atomic E-state index is 13.8. The van der Waals surface area contributed by atoms with Gasteiger partial charge in [-0.05, 0) is 35.6 Å². The van der Waals surface area contributed by atoms with E-state index in [1.165, 1.54) is 4.90 Å². The fourth-order valence-electron chi connectivity index (χ4n) is 4.81. The van der Waals surface area contributed by atoms with Crippen molar-refractivity contribution < 1.29 is 29.3 Å². The van der Waals surface area contributed by atoms with E-state index < -0.39 is 30.1 Å². The minimum atomic E-state index is -1.07. The van der Waals surface area contributed by atoms with E-state index in [0.29, 0.717) is 30.8 Å². The number of nitrogens with zero attached hydrogens (tertiary/aromatic N) is 1. The van der Waals surface area contributed by atoms with E-state index in [-0.39, 0.29) is 19.1 Å². The minimum absolute atomic E-state index is 0.144. The normalized spacial score (nSPS) is 21.7. The Morgan fingerprint density at radius 1 is 0.944 bits per heavy atom. The highest BCUT2D eigenvalue weighted by Crippen LogP contribution is 2.36. The highest BCUT2D eigenvalue weighted by atomic mass is 16.5. The Balaban J connectivity index is 1.40. The van der Waals surface area contributed by atoms with Crippen LogP contribution in [-0.4, -0.2) is 45.2 Å². The first kappa shape index (κ1) is 24.0. The number of rotatable bonds is 8. The average molecular weight is 488 g/mol. The number of benzene rings is 3. The number of aliphatic hydroxyl groups excluding tert-OH is 1. The quantitative estimate of drug-likeness (QED) is 0.501. The molecule has 0 saturated heterocycles.